The Labute approximate surface area is 112 Å². The smallest absolute Gasteiger partial charge is 0.200 e. The first kappa shape index (κ1) is 13.3. The quantitative estimate of drug-likeness (QED) is 0.737. The van der Waals surface area contributed by atoms with E-state index in [-0.39, 0.29) is 11.5 Å². The molecule has 0 aliphatic rings. The Kier molecular flexibility index (Phi) is 3.65. The number of hydrogen-bond acceptors (Lipinski definition) is 3. The van der Waals surface area contributed by atoms with Gasteiger partial charge in [0.2, 0.25) is 5.75 Å². The van der Waals surface area contributed by atoms with Crippen molar-refractivity contribution in [2.45, 2.75) is 26.7 Å². The topological polar surface area (TPSA) is 60.7 Å². The van der Waals surface area contributed by atoms with E-state index in [4.69, 9.17) is 0 Å². The average molecular weight is 258 g/mol. The summed E-state index contributed by atoms with van der Waals surface area (Å²) in [5, 5.41) is 29.3. The number of phenols is 3. The molecule has 2 aromatic rings. The van der Waals surface area contributed by atoms with E-state index in [2.05, 4.69) is 6.92 Å². The predicted molar refractivity (Wildman–Crippen MR) is 75.6 cm³/mol. The highest BCUT2D eigenvalue weighted by atomic mass is 16.3. The molecule has 2 aromatic carbocycles. The highest BCUT2D eigenvalue weighted by Crippen LogP contribution is 2.44. The molecule has 0 radical (unpaired) electrons. The van der Waals surface area contributed by atoms with Gasteiger partial charge in [-0.3, -0.25) is 0 Å². The Morgan fingerprint density at radius 1 is 0.842 bits per heavy atom. The number of phenolic OH excluding ortho intramolecular Hbond substituents is 3. The fraction of sp³-hybridized carbons (Fsp3) is 0.250. The summed E-state index contributed by atoms with van der Waals surface area (Å²) in [6.45, 7) is 3.97. The van der Waals surface area contributed by atoms with Crippen LogP contribution in [0.4, 0.5) is 0 Å². The van der Waals surface area contributed by atoms with Gasteiger partial charge in [-0.15, -0.1) is 0 Å². The summed E-state index contributed by atoms with van der Waals surface area (Å²) in [5.74, 6) is -0.978. The second kappa shape index (κ2) is 5.22. The zero-order chi connectivity index (χ0) is 14.0. The number of hydrogen-bond donors (Lipinski definition) is 3. The van der Waals surface area contributed by atoms with Crippen LogP contribution < -0.4 is 0 Å². The fourth-order valence-corrected chi connectivity index (χ4v) is 2.37. The molecule has 0 atom stereocenters. The van der Waals surface area contributed by atoms with Gasteiger partial charge in [0.1, 0.15) is 0 Å². The van der Waals surface area contributed by atoms with Gasteiger partial charge in [0.25, 0.3) is 0 Å². The van der Waals surface area contributed by atoms with Crippen LogP contribution in [0.25, 0.3) is 11.1 Å². The lowest BCUT2D eigenvalue weighted by molar-refractivity contribution is 0.365. The molecule has 0 bridgehead atoms. The van der Waals surface area contributed by atoms with Crippen molar-refractivity contribution in [1.82, 2.24) is 0 Å². The summed E-state index contributed by atoms with van der Waals surface area (Å²) in [6, 6.07) is 9.39. The van der Waals surface area contributed by atoms with E-state index in [9.17, 15) is 15.3 Å². The Hall–Kier alpha value is -2.16. The van der Waals surface area contributed by atoms with Crippen molar-refractivity contribution < 1.29 is 15.3 Å². The predicted octanol–water partition coefficient (Wildman–Crippen LogP) is 3.60. The first-order valence-corrected chi connectivity index (χ1v) is 6.45. The van der Waals surface area contributed by atoms with E-state index >= 15 is 0 Å². The second-order valence-electron chi connectivity index (χ2n) is 4.48. The van der Waals surface area contributed by atoms with Gasteiger partial charge in [-0.2, -0.15) is 0 Å². The summed E-state index contributed by atoms with van der Waals surface area (Å²) >= 11 is 0. The molecule has 2 rings (SSSR count). The zero-order valence-electron chi connectivity index (χ0n) is 11.1. The van der Waals surface area contributed by atoms with Gasteiger partial charge in [0.15, 0.2) is 11.5 Å². The summed E-state index contributed by atoms with van der Waals surface area (Å²) < 4.78 is 0. The summed E-state index contributed by atoms with van der Waals surface area (Å²) in [6.07, 6.45) is 1.44. The van der Waals surface area contributed by atoms with Gasteiger partial charge < -0.3 is 15.3 Å². The summed E-state index contributed by atoms with van der Waals surface area (Å²) in [7, 11) is 0. The third-order valence-electron chi connectivity index (χ3n) is 3.40. The second-order valence-corrected chi connectivity index (χ2v) is 4.48. The van der Waals surface area contributed by atoms with Gasteiger partial charge in [-0.05, 0) is 35.6 Å². The first-order valence-electron chi connectivity index (χ1n) is 6.45. The Morgan fingerprint density at radius 3 is 2.16 bits per heavy atom. The molecule has 0 saturated carbocycles. The molecule has 3 N–H and O–H groups in total. The highest BCUT2D eigenvalue weighted by molar-refractivity contribution is 5.77. The van der Waals surface area contributed by atoms with Gasteiger partial charge >= 0.3 is 0 Å². The molecule has 100 valence electrons. The minimum Gasteiger partial charge on any atom is -0.504 e. The van der Waals surface area contributed by atoms with Crippen LogP contribution in [-0.4, -0.2) is 15.3 Å². The van der Waals surface area contributed by atoms with Crippen LogP contribution in [-0.2, 0) is 12.8 Å². The molecule has 0 aliphatic carbocycles. The van der Waals surface area contributed by atoms with Gasteiger partial charge in [-0.1, -0.05) is 38.1 Å². The SMILES string of the molecule is CCc1ccccc1-c1cc(O)c(O)c(O)c1CC. The fourth-order valence-electron chi connectivity index (χ4n) is 2.37. The zero-order valence-corrected chi connectivity index (χ0v) is 11.1. The van der Waals surface area contributed by atoms with Gasteiger partial charge in [-0.25, -0.2) is 0 Å². The maximum atomic E-state index is 9.97. The molecule has 3 nitrogen and oxygen atoms in total. The van der Waals surface area contributed by atoms with E-state index in [0.29, 0.717) is 12.0 Å². The molecule has 0 amide bonds. The average Bonchev–Trinajstić information content (AvgIpc) is 2.44. The maximum absolute atomic E-state index is 9.97. The molecule has 19 heavy (non-hydrogen) atoms. The monoisotopic (exact) mass is 258 g/mol. The maximum Gasteiger partial charge on any atom is 0.200 e. The molecule has 0 spiro atoms. The van der Waals surface area contributed by atoms with Crippen molar-refractivity contribution in [2.75, 3.05) is 0 Å². The van der Waals surface area contributed by atoms with Crippen LogP contribution in [0.2, 0.25) is 0 Å². The molecule has 0 heterocycles. The molecule has 0 fully saturated rings. The Balaban J connectivity index is 2.75. The Morgan fingerprint density at radius 2 is 1.53 bits per heavy atom. The van der Waals surface area contributed by atoms with Crippen molar-refractivity contribution in [2.24, 2.45) is 0 Å². The summed E-state index contributed by atoms with van der Waals surface area (Å²) in [4.78, 5) is 0. The Bertz CT molecular complexity index is 603. The molecular formula is C16H18O3. The molecular weight excluding hydrogens is 240 g/mol. The summed E-state index contributed by atoms with van der Waals surface area (Å²) in [5.41, 5.74) is 3.54. The van der Waals surface area contributed by atoms with Crippen molar-refractivity contribution in [3.8, 4) is 28.4 Å². The first-order chi connectivity index (χ1) is 9.10. The lowest BCUT2D eigenvalue weighted by Gasteiger charge is -2.15. The lowest BCUT2D eigenvalue weighted by Crippen LogP contribution is -1.93. The highest BCUT2D eigenvalue weighted by Gasteiger charge is 2.17. The van der Waals surface area contributed by atoms with Gasteiger partial charge in [0, 0.05) is 5.56 Å². The molecule has 0 aromatic heterocycles. The van der Waals surface area contributed by atoms with E-state index in [1.165, 1.54) is 6.07 Å². The van der Waals surface area contributed by atoms with Crippen LogP contribution in [0, 0.1) is 0 Å². The van der Waals surface area contributed by atoms with E-state index in [1.54, 1.807) is 0 Å². The third kappa shape index (κ3) is 2.24. The largest absolute Gasteiger partial charge is 0.504 e. The molecule has 0 saturated heterocycles. The normalized spacial score (nSPS) is 10.6. The van der Waals surface area contributed by atoms with Crippen molar-refractivity contribution >= 4 is 0 Å². The minimum absolute atomic E-state index is 0.233. The van der Waals surface area contributed by atoms with Crippen molar-refractivity contribution in [3.63, 3.8) is 0 Å². The number of aryl methyl sites for hydroxylation is 1. The van der Waals surface area contributed by atoms with Crippen LogP contribution in [0.1, 0.15) is 25.0 Å². The van der Waals surface area contributed by atoms with Crippen LogP contribution in [0.5, 0.6) is 17.2 Å². The lowest BCUT2D eigenvalue weighted by atomic mass is 9.92. The van der Waals surface area contributed by atoms with Crippen molar-refractivity contribution in [3.05, 3.63) is 41.5 Å². The van der Waals surface area contributed by atoms with Gasteiger partial charge in [0.05, 0.1) is 0 Å². The minimum atomic E-state index is -0.449. The molecule has 0 unspecified atom stereocenters. The van der Waals surface area contributed by atoms with E-state index < -0.39 is 5.75 Å². The number of aromatic hydroxyl groups is 3. The van der Waals surface area contributed by atoms with Crippen LogP contribution in [0.3, 0.4) is 0 Å². The van der Waals surface area contributed by atoms with E-state index in [0.717, 1.165) is 23.1 Å². The van der Waals surface area contributed by atoms with Crippen LogP contribution in [0.15, 0.2) is 30.3 Å². The van der Waals surface area contributed by atoms with E-state index in [1.807, 2.05) is 31.2 Å². The third-order valence-corrected chi connectivity index (χ3v) is 3.40. The van der Waals surface area contributed by atoms with Crippen molar-refractivity contribution in [1.29, 1.82) is 0 Å². The standard InChI is InChI=1S/C16H18O3/c1-3-10-7-5-6-8-12(10)13-9-14(17)16(19)15(18)11(13)4-2/h5-9,17-19H,3-4H2,1-2H3. The molecule has 3 heteroatoms. The number of rotatable bonds is 3. The number of benzene rings is 2. The van der Waals surface area contributed by atoms with Crippen LogP contribution >= 0.6 is 0 Å². The molecule has 0 aliphatic heterocycles.